The van der Waals surface area contributed by atoms with E-state index in [1.54, 1.807) is 24.3 Å². The Labute approximate surface area is 143 Å². The van der Waals surface area contributed by atoms with Crippen LogP contribution in [0.5, 0.6) is 5.75 Å². The number of nitrogens with one attached hydrogen (secondary N) is 1. The minimum absolute atomic E-state index is 0.0569. The molecule has 0 saturated heterocycles. The first-order chi connectivity index (χ1) is 11.4. The lowest BCUT2D eigenvalue weighted by Gasteiger charge is -2.18. The molecule has 4 heteroatoms. The first-order valence-electron chi connectivity index (χ1n) is 7.87. The summed E-state index contributed by atoms with van der Waals surface area (Å²) in [6.45, 7) is 6.54. The number of benzene rings is 2. The van der Waals surface area contributed by atoms with Crippen LogP contribution >= 0.6 is 0 Å². The van der Waals surface area contributed by atoms with E-state index in [4.69, 9.17) is 10.00 Å². The number of carbonyl (C=O) groups excluding carboxylic acids is 1. The van der Waals surface area contributed by atoms with Crippen molar-refractivity contribution in [2.45, 2.75) is 27.2 Å². The van der Waals surface area contributed by atoms with E-state index in [-0.39, 0.29) is 17.9 Å². The molecule has 0 atom stereocenters. The zero-order valence-corrected chi connectivity index (χ0v) is 14.3. The van der Waals surface area contributed by atoms with Gasteiger partial charge in [-0.1, -0.05) is 32.9 Å². The molecule has 24 heavy (non-hydrogen) atoms. The molecule has 0 spiro atoms. The van der Waals surface area contributed by atoms with Gasteiger partial charge in [0.15, 0.2) is 6.61 Å². The molecular formula is C20H22N2O2. The van der Waals surface area contributed by atoms with Gasteiger partial charge < -0.3 is 10.1 Å². The second-order valence-corrected chi connectivity index (χ2v) is 6.91. The van der Waals surface area contributed by atoms with Gasteiger partial charge in [-0.25, -0.2) is 0 Å². The van der Waals surface area contributed by atoms with Gasteiger partial charge >= 0.3 is 0 Å². The zero-order valence-electron chi connectivity index (χ0n) is 14.3. The van der Waals surface area contributed by atoms with Crippen LogP contribution in [0.15, 0.2) is 48.5 Å². The Kier molecular flexibility index (Phi) is 5.59. The fourth-order valence-corrected chi connectivity index (χ4v) is 2.29. The van der Waals surface area contributed by atoms with E-state index < -0.39 is 0 Å². The van der Waals surface area contributed by atoms with Crippen molar-refractivity contribution in [3.05, 3.63) is 59.7 Å². The third-order valence-corrected chi connectivity index (χ3v) is 3.33. The van der Waals surface area contributed by atoms with Crippen molar-refractivity contribution >= 4 is 11.6 Å². The van der Waals surface area contributed by atoms with Crippen LogP contribution < -0.4 is 10.1 Å². The Bertz CT molecular complexity index is 720. The summed E-state index contributed by atoms with van der Waals surface area (Å²) in [6.07, 6.45) is 0.993. The summed E-state index contributed by atoms with van der Waals surface area (Å²) in [5.41, 5.74) is 2.68. The third-order valence-electron chi connectivity index (χ3n) is 3.33. The monoisotopic (exact) mass is 322 g/mol. The van der Waals surface area contributed by atoms with E-state index in [2.05, 4.69) is 26.1 Å². The summed E-state index contributed by atoms with van der Waals surface area (Å²) in [5.74, 6) is 0.432. The van der Waals surface area contributed by atoms with Gasteiger partial charge in [-0.2, -0.15) is 5.26 Å². The number of rotatable bonds is 5. The summed E-state index contributed by atoms with van der Waals surface area (Å²) < 4.78 is 5.51. The molecular weight excluding hydrogens is 300 g/mol. The van der Waals surface area contributed by atoms with E-state index >= 15 is 0 Å². The number of hydrogen-bond acceptors (Lipinski definition) is 3. The van der Waals surface area contributed by atoms with Crippen LogP contribution in [0.2, 0.25) is 0 Å². The molecule has 0 aliphatic rings. The fourth-order valence-electron chi connectivity index (χ4n) is 2.29. The molecule has 2 aromatic carbocycles. The Morgan fingerprint density at radius 2 is 1.71 bits per heavy atom. The zero-order chi connectivity index (χ0) is 17.6. The van der Waals surface area contributed by atoms with Crippen molar-refractivity contribution in [3.63, 3.8) is 0 Å². The molecule has 0 saturated carbocycles. The second-order valence-electron chi connectivity index (χ2n) is 6.91. The lowest BCUT2D eigenvalue weighted by atomic mass is 9.88. The highest BCUT2D eigenvalue weighted by Gasteiger charge is 2.11. The molecule has 124 valence electrons. The lowest BCUT2D eigenvalue weighted by molar-refractivity contribution is -0.118. The average molecular weight is 322 g/mol. The van der Waals surface area contributed by atoms with Gasteiger partial charge in [0.25, 0.3) is 5.91 Å². The highest BCUT2D eigenvalue weighted by atomic mass is 16.5. The van der Waals surface area contributed by atoms with Crippen molar-refractivity contribution in [2.75, 3.05) is 11.9 Å². The summed E-state index contributed by atoms with van der Waals surface area (Å²) in [7, 11) is 0. The van der Waals surface area contributed by atoms with E-state index in [0.717, 1.165) is 6.42 Å². The second kappa shape index (κ2) is 7.65. The van der Waals surface area contributed by atoms with Crippen LogP contribution in [0, 0.1) is 16.7 Å². The van der Waals surface area contributed by atoms with E-state index in [1.165, 1.54) is 5.56 Å². The van der Waals surface area contributed by atoms with Crippen molar-refractivity contribution in [1.82, 2.24) is 0 Å². The van der Waals surface area contributed by atoms with Crippen LogP contribution in [-0.2, 0) is 11.2 Å². The molecule has 0 aromatic heterocycles. The Balaban J connectivity index is 1.84. The molecule has 4 nitrogen and oxygen atoms in total. The van der Waals surface area contributed by atoms with Gasteiger partial charge in [0.2, 0.25) is 0 Å². The van der Waals surface area contributed by atoms with Gasteiger partial charge in [-0.15, -0.1) is 0 Å². The fraction of sp³-hybridized carbons (Fsp3) is 0.300. The number of anilines is 1. The predicted molar refractivity (Wildman–Crippen MR) is 94.9 cm³/mol. The van der Waals surface area contributed by atoms with Crippen LogP contribution in [0.4, 0.5) is 5.69 Å². The van der Waals surface area contributed by atoms with E-state index in [9.17, 15) is 4.79 Å². The van der Waals surface area contributed by atoms with Crippen LogP contribution in [0.1, 0.15) is 31.9 Å². The quantitative estimate of drug-likeness (QED) is 0.899. The molecule has 0 fully saturated rings. The highest BCUT2D eigenvalue weighted by Crippen LogP contribution is 2.22. The molecule has 0 radical (unpaired) electrons. The number of amides is 1. The summed E-state index contributed by atoms with van der Waals surface area (Å²) >= 11 is 0. The molecule has 0 heterocycles. The number of carbonyl (C=O) groups is 1. The molecule has 1 N–H and O–H groups in total. The van der Waals surface area contributed by atoms with Crippen molar-refractivity contribution in [1.29, 1.82) is 5.26 Å². The molecule has 0 unspecified atom stereocenters. The van der Waals surface area contributed by atoms with Crippen LogP contribution in [0.3, 0.4) is 0 Å². The molecule has 0 aliphatic heterocycles. The van der Waals surface area contributed by atoms with Crippen molar-refractivity contribution in [3.8, 4) is 11.8 Å². The minimum Gasteiger partial charge on any atom is -0.484 e. The standard InChI is InChI=1S/C20H22N2O2/c1-20(2,3)12-15-6-10-18(11-7-15)24-14-19(23)22-17-8-4-16(13-21)5-9-17/h4-11H,12,14H2,1-3H3,(H,22,23). The Hall–Kier alpha value is -2.80. The maximum atomic E-state index is 11.9. The van der Waals surface area contributed by atoms with E-state index in [0.29, 0.717) is 17.0 Å². The third kappa shape index (κ3) is 5.77. The van der Waals surface area contributed by atoms with Gasteiger partial charge in [-0.3, -0.25) is 4.79 Å². The molecule has 2 rings (SSSR count). The van der Waals surface area contributed by atoms with E-state index in [1.807, 2.05) is 30.3 Å². The summed E-state index contributed by atoms with van der Waals surface area (Å²) in [5, 5.41) is 11.5. The predicted octanol–water partition coefficient (Wildman–Crippen LogP) is 4.16. The highest BCUT2D eigenvalue weighted by molar-refractivity contribution is 5.91. The maximum Gasteiger partial charge on any atom is 0.262 e. The number of nitriles is 1. The largest absolute Gasteiger partial charge is 0.484 e. The van der Waals surface area contributed by atoms with Gasteiger partial charge in [0.1, 0.15) is 5.75 Å². The number of ether oxygens (including phenoxy) is 1. The normalized spacial score (nSPS) is 10.8. The van der Waals surface area contributed by atoms with Crippen molar-refractivity contribution in [2.24, 2.45) is 5.41 Å². The minimum atomic E-state index is -0.238. The maximum absolute atomic E-state index is 11.9. The Morgan fingerprint density at radius 1 is 1.08 bits per heavy atom. The smallest absolute Gasteiger partial charge is 0.262 e. The summed E-state index contributed by atoms with van der Waals surface area (Å²) in [6, 6.07) is 16.6. The van der Waals surface area contributed by atoms with Gasteiger partial charge in [0, 0.05) is 5.69 Å². The molecule has 2 aromatic rings. The number of nitrogens with zero attached hydrogens (tertiary/aromatic N) is 1. The first-order valence-corrected chi connectivity index (χ1v) is 7.87. The number of hydrogen-bond donors (Lipinski definition) is 1. The summed E-state index contributed by atoms with van der Waals surface area (Å²) in [4.78, 5) is 11.9. The van der Waals surface area contributed by atoms with Crippen LogP contribution in [0.25, 0.3) is 0 Å². The first kappa shape index (κ1) is 17.6. The van der Waals surface area contributed by atoms with Gasteiger partial charge in [0.05, 0.1) is 11.6 Å². The Morgan fingerprint density at radius 3 is 2.25 bits per heavy atom. The molecule has 0 bridgehead atoms. The lowest BCUT2D eigenvalue weighted by Crippen LogP contribution is -2.20. The SMILES string of the molecule is CC(C)(C)Cc1ccc(OCC(=O)Nc2ccc(C#N)cc2)cc1. The molecule has 1 amide bonds. The van der Waals surface area contributed by atoms with Crippen molar-refractivity contribution < 1.29 is 9.53 Å². The van der Waals surface area contributed by atoms with Crippen LogP contribution in [-0.4, -0.2) is 12.5 Å². The molecule has 0 aliphatic carbocycles. The average Bonchev–Trinajstić information content (AvgIpc) is 2.53. The topological polar surface area (TPSA) is 62.1 Å². The van der Waals surface area contributed by atoms with Gasteiger partial charge in [-0.05, 0) is 53.8 Å².